The fourth-order valence-electron chi connectivity index (χ4n) is 2.29. The van der Waals surface area contributed by atoms with E-state index >= 15 is 0 Å². The Labute approximate surface area is 84.2 Å². The van der Waals surface area contributed by atoms with Gasteiger partial charge in [-0.05, 0) is 6.04 Å². The molecule has 0 aromatic heterocycles. The largest absolute Gasteiger partial charge is 0.198 e. The van der Waals surface area contributed by atoms with E-state index in [0.717, 1.165) is 6.42 Å². The highest BCUT2D eigenvalue weighted by Crippen LogP contribution is 2.29. The molecule has 0 fully saturated rings. The maximum Gasteiger partial charge on any atom is 0.0618 e. The minimum absolute atomic E-state index is 0.792. The van der Waals surface area contributed by atoms with E-state index in [-0.39, 0.29) is 0 Å². The maximum atomic E-state index is 8.63. The van der Waals surface area contributed by atoms with Gasteiger partial charge in [-0.25, -0.2) is 0 Å². The second-order valence-electron chi connectivity index (χ2n) is 4.01. The average Bonchev–Trinajstić information content (AvgIpc) is 2.15. The molecular weight excluding hydrogens is 174 g/mol. The molecule has 13 heavy (non-hydrogen) atoms. The predicted molar refractivity (Wildman–Crippen MR) is 61.5 cm³/mol. The van der Waals surface area contributed by atoms with E-state index in [9.17, 15) is 0 Å². The summed E-state index contributed by atoms with van der Waals surface area (Å²) >= 11 is 0. The zero-order valence-corrected chi connectivity index (χ0v) is 10.4. The molecule has 0 heterocycles. The third-order valence-corrected chi connectivity index (χ3v) is 9.01. The fourth-order valence-corrected chi connectivity index (χ4v) is 6.86. The molecule has 2 heteroatoms. The van der Waals surface area contributed by atoms with Crippen molar-refractivity contribution >= 4 is 8.07 Å². The number of rotatable bonds is 7. The van der Waals surface area contributed by atoms with Crippen molar-refractivity contribution in [2.75, 3.05) is 0 Å². The van der Waals surface area contributed by atoms with E-state index in [1.807, 2.05) is 0 Å². The number of nitrogens with zero attached hydrogens (tertiary/aromatic N) is 1. The highest BCUT2D eigenvalue weighted by Gasteiger charge is 2.27. The third-order valence-electron chi connectivity index (χ3n) is 3.08. The van der Waals surface area contributed by atoms with E-state index in [2.05, 4.69) is 26.8 Å². The van der Waals surface area contributed by atoms with E-state index < -0.39 is 8.07 Å². The van der Waals surface area contributed by atoms with Crippen LogP contribution in [0.15, 0.2) is 0 Å². The van der Waals surface area contributed by atoms with Crippen LogP contribution >= 0.6 is 0 Å². The van der Waals surface area contributed by atoms with E-state index in [1.54, 1.807) is 0 Å². The van der Waals surface area contributed by atoms with Gasteiger partial charge < -0.3 is 0 Å². The van der Waals surface area contributed by atoms with Crippen molar-refractivity contribution in [1.82, 2.24) is 0 Å². The predicted octanol–water partition coefficient (Wildman–Crippen LogP) is 4.19. The Morgan fingerprint density at radius 1 is 1.00 bits per heavy atom. The van der Waals surface area contributed by atoms with Crippen molar-refractivity contribution in [2.45, 2.75) is 64.2 Å². The van der Waals surface area contributed by atoms with Gasteiger partial charge in [0.2, 0.25) is 0 Å². The number of nitriles is 1. The van der Waals surface area contributed by atoms with Crippen LogP contribution in [0.3, 0.4) is 0 Å². The molecule has 0 aliphatic carbocycles. The van der Waals surface area contributed by atoms with Crippen molar-refractivity contribution in [1.29, 1.82) is 5.26 Å². The van der Waals surface area contributed by atoms with Gasteiger partial charge >= 0.3 is 0 Å². The monoisotopic (exact) mass is 197 g/mol. The van der Waals surface area contributed by atoms with Crippen LogP contribution in [-0.4, -0.2) is 8.07 Å². The lowest BCUT2D eigenvalue weighted by Gasteiger charge is -2.29. The lowest BCUT2D eigenvalue weighted by atomic mass is 10.5. The number of hydrogen-bond acceptors (Lipinski definition) is 1. The average molecular weight is 197 g/mol. The first-order valence-electron chi connectivity index (χ1n) is 5.61. The molecule has 0 aliphatic rings. The zero-order valence-electron chi connectivity index (χ0n) is 9.40. The van der Waals surface area contributed by atoms with E-state index in [0.29, 0.717) is 0 Å². The molecule has 0 radical (unpaired) electrons. The van der Waals surface area contributed by atoms with Gasteiger partial charge in [-0.15, -0.1) is 0 Å². The first-order chi connectivity index (χ1) is 6.24. The van der Waals surface area contributed by atoms with Gasteiger partial charge in [-0.3, -0.25) is 0 Å². The molecule has 0 aliphatic heterocycles. The van der Waals surface area contributed by atoms with Gasteiger partial charge in [0.25, 0.3) is 0 Å². The minimum atomic E-state index is -1.01. The summed E-state index contributed by atoms with van der Waals surface area (Å²) in [6, 6.07) is 7.78. The molecule has 1 nitrogen and oxygen atoms in total. The standard InChI is InChI=1S/C11H23NSi/c1-4-9-13(6-3,10-5-2)11-7-8-12/h4-7,9-11H2,1-3H3. The summed E-state index contributed by atoms with van der Waals surface area (Å²) in [4.78, 5) is 0. The Morgan fingerprint density at radius 3 is 1.85 bits per heavy atom. The van der Waals surface area contributed by atoms with Gasteiger partial charge in [-0.1, -0.05) is 51.7 Å². The second-order valence-corrected chi connectivity index (χ2v) is 9.22. The zero-order chi connectivity index (χ0) is 10.2. The van der Waals surface area contributed by atoms with Crippen LogP contribution in [0, 0.1) is 11.3 Å². The summed E-state index contributed by atoms with van der Waals surface area (Å²) in [6.07, 6.45) is 3.41. The van der Waals surface area contributed by atoms with Crippen molar-refractivity contribution in [3.63, 3.8) is 0 Å². The van der Waals surface area contributed by atoms with E-state index in [4.69, 9.17) is 5.26 Å². The summed E-state index contributed by atoms with van der Waals surface area (Å²) in [5.41, 5.74) is 0. The van der Waals surface area contributed by atoms with Crippen molar-refractivity contribution in [3.05, 3.63) is 0 Å². The molecule has 0 aromatic rings. The summed E-state index contributed by atoms with van der Waals surface area (Å²) in [5.74, 6) is 0. The SMILES string of the molecule is CCC[Si](CC)(CCC)CCC#N. The Kier molecular flexibility index (Phi) is 6.98. The molecule has 0 saturated heterocycles. The maximum absolute atomic E-state index is 8.63. The minimum Gasteiger partial charge on any atom is -0.198 e. The van der Waals surface area contributed by atoms with Crippen LogP contribution in [-0.2, 0) is 0 Å². The number of hydrogen-bond donors (Lipinski definition) is 0. The van der Waals surface area contributed by atoms with Crippen molar-refractivity contribution < 1.29 is 0 Å². The van der Waals surface area contributed by atoms with Crippen molar-refractivity contribution in [2.24, 2.45) is 0 Å². The molecule has 0 saturated carbocycles. The Morgan fingerprint density at radius 2 is 1.54 bits per heavy atom. The molecule has 0 N–H and O–H groups in total. The molecule has 0 rings (SSSR count). The molecule has 0 amide bonds. The first-order valence-corrected chi connectivity index (χ1v) is 8.44. The lowest BCUT2D eigenvalue weighted by Crippen LogP contribution is -2.32. The molecule has 0 unspecified atom stereocenters. The van der Waals surface area contributed by atoms with Gasteiger partial charge in [0.05, 0.1) is 14.1 Å². The van der Waals surface area contributed by atoms with Crippen LogP contribution < -0.4 is 0 Å². The normalized spacial score (nSPS) is 11.2. The summed E-state index contributed by atoms with van der Waals surface area (Å²) in [7, 11) is -1.01. The van der Waals surface area contributed by atoms with Crippen LogP contribution in [0.2, 0.25) is 24.2 Å². The topological polar surface area (TPSA) is 23.8 Å². The van der Waals surface area contributed by atoms with Gasteiger partial charge in [-0.2, -0.15) is 5.26 Å². The molecule has 0 spiro atoms. The van der Waals surface area contributed by atoms with Gasteiger partial charge in [0.1, 0.15) is 0 Å². The van der Waals surface area contributed by atoms with Crippen molar-refractivity contribution in [3.8, 4) is 6.07 Å². The first kappa shape index (κ1) is 12.7. The second kappa shape index (κ2) is 7.14. The Balaban J connectivity index is 4.17. The molecule has 0 atom stereocenters. The van der Waals surface area contributed by atoms with Crippen LogP contribution in [0.25, 0.3) is 0 Å². The molecule has 0 aromatic carbocycles. The highest BCUT2D eigenvalue weighted by atomic mass is 28.3. The Hall–Kier alpha value is -0.293. The summed E-state index contributed by atoms with van der Waals surface area (Å²) < 4.78 is 0. The van der Waals surface area contributed by atoms with Crippen LogP contribution in [0.5, 0.6) is 0 Å². The van der Waals surface area contributed by atoms with E-state index in [1.165, 1.54) is 37.0 Å². The fraction of sp³-hybridized carbons (Fsp3) is 0.909. The van der Waals surface area contributed by atoms with Crippen LogP contribution in [0.4, 0.5) is 0 Å². The third kappa shape index (κ3) is 4.47. The van der Waals surface area contributed by atoms with Gasteiger partial charge in [0, 0.05) is 6.42 Å². The van der Waals surface area contributed by atoms with Crippen LogP contribution in [0.1, 0.15) is 40.0 Å². The summed E-state index contributed by atoms with van der Waals surface area (Å²) in [6.45, 7) is 6.88. The Bertz CT molecular complexity index is 154. The summed E-state index contributed by atoms with van der Waals surface area (Å²) in [5, 5.41) is 8.63. The molecular formula is C11H23NSi. The quantitative estimate of drug-likeness (QED) is 0.561. The van der Waals surface area contributed by atoms with Gasteiger partial charge in [0.15, 0.2) is 0 Å². The molecule has 0 bridgehead atoms. The smallest absolute Gasteiger partial charge is 0.0618 e. The molecule has 76 valence electrons. The highest BCUT2D eigenvalue weighted by molar-refractivity contribution is 6.79. The lowest BCUT2D eigenvalue weighted by molar-refractivity contribution is 0.929.